The number of anilines is 1. The molecule has 0 heterocycles. The largest absolute Gasteiger partial charge is 0.355 e. The van der Waals surface area contributed by atoms with Gasteiger partial charge in [-0.1, -0.05) is 43.3 Å². The van der Waals surface area contributed by atoms with Crippen LogP contribution in [-0.2, 0) is 26.2 Å². The molecule has 1 unspecified atom stereocenters. The maximum atomic E-state index is 14.3. The molecule has 1 N–H and O–H groups in total. The van der Waals surface area contributed by atoms with Crippen molar-refractivity contribution in [2.24, 2.45) is 0 Å². The minimum Gasteiger partial charge on any atom is -0.355 e. The normalized spacial score (nSPS) is 12.1. The van der Waals surface area contributed by atoms with Gasteiger partial charge in [-0.05, 0) is 49.9 Å². The van der Waals surface area contributed by atoms with Crippen LogP contribution in [0.3, 0.4) is 0 Å². The summed E-state index contributed by atoms with van der Waals surface area (Å²) in [5.41, 5.74) is 1.89. The number of benzene rings is 2. The van der Waals surface area contributed by atoms with Gasteiger partial charge in [-0.25, -0.2) is 12.8 Å². The van der Waals surface area contributed by atoms with Crippen LogP contribution in [0.5, 0.6) is 0 Å². The molecule has 0 aliphatic rings. The number of amides is 2. The molecule has 1 atom stereocenters. The highest BCUT2D eigenvalue weighted by Crippen LogP contribution is 2.22. The summed E-state index contributed by atoms with van der Waals surface area (Å²) in [4.78, 5) is 27.6. The molecule has 0 radical (unpaired) electrons. The molecule has 0 saturated carbocycles. The summed E-state index contributed by atoms with van der Waals surface area (Å²) < 4.78 is 39.8. The van der Waals surface area contributed by atoms with Gasteiger partial charge < -0.3 is 10.2 Å². The lowest BCUT2D eigenvalue weighted by atomic mass is 10.1. The summed E-state index contributed by atoms with van der Waals surface area (Å²) in [6.45, 7) is 6.28. The summed E-state index contributed by atoms with van der Waals surface area (Å²) in [7, 11) is -3.75. The lowest BCUT2D eigenvalue weighted by molar-refractivity contribution is -0.141. The van der Waals surface area contributed by atoms with Crippen molar-refractivity contribution in [2.45, 2.75) is 52.6 Å². The Hall–Kier alpha value is -2.94. The van der Waals surface area contributed by atoms with E-state index in [-0.39, 0.29) is 43.4 Å². The van der Waals surface area contributed by atoms with Crippen LogP contribution in [0, 0.1) is 12.7 Å². The van der Waals surface area contributed by atoms with E-state index >= 15 is 0 Å². The van der Waals surface area contributed by atoms with Gasteiger partial charge in [0.1, 0.15) is 11.9 Å². The molecule has 2 aromatic rings. The Labute approximate surface area is 202 Å². The Balaban J connectivity index is 2.22. The van der Waals surface area contributed by atoms with E-state index in [1.54, 1.807) is 11.0 Å². The summed E-state index contributed by atoms with van der Waals surface area (Å²) in [6, 6.07) is 12.6. The van der Waals surface area contributed by atoms with E-state index in [9.17, 15) is 22.4 Å². The summed E-state index contributed by atoms with van der Waals surface area (Å²) in [5.74, 6) is -1.14. The number of rotatable bonds is 12. The lowest BCUT2D eigenvalue weighted by Gasteiger charge is -2.31. The Bertz CT molecular complexity index is 1090. The van der Waals surface area contributed by atoms with E-state index in [0.29, 0.717) is 13.0 Å². The Morgan fingerprint density at radius 2 is 1.71 bits per heavy atom. The maximum absolute atomic E-state index is 14.3. The van der Waals surface area contributed by atoms with Gasteiger partial charge in [0.15, 0.2) is 0 Å². The minimum atomic E-state index is -3.75. The topological polar surface area (TPSA) is 86.8 Å². The monoisotopic (exact) mass is 491 g/mol. The smallest absolute Gasteiger partial charge is 0.242 e. The average molecular weight is 492 g/mol. The predicted molar refractivity (Wildman–Crippen MR) is 132 cm³/mol. The van der Waals surface area contributed by atoms with Crippen molar-refractivity contribution in [3.8, 4) is 0 Å². The first-order valence-electron chi connectivity index (χ1n) is 11.4. The Morgan fingerprint density at radius 1 is 1.06 bits per heavy atom. The van der Waals surface area contributed by atoms with Gasteiger partial charge in [0, 0.05) is 26.1 Å². The van der Waals surface area contributed by atoms with Crippen molar-refractivity contribution >= 4 is 27.5 Å². The zero-order chi connectivity index (χ0) is 25.3. The van der Waals surface area contributed by atoms with E-state index in [1.165, 1.54) is 18.2 Å². The molecule has 0 saturated heterocycles. The van der Waals surface area contributed by atoms with E-state index in [4.69, 9.17) is 0 Å². The van der Waals surface area contributed by atoms with Crippen LogP contribution in [-0.4, -0.2) is 50.5 Å². The zero-order valence-electron chi connectivity index (χ0n) is 20.3. The average Bonchev–Trinajstić information content (AvgIpc) is 2.78. The van der Waals surface area contributed by atoms with Crippen molar-refractivity contribution in [1.29, 1.82) is 0 Å². The first-order valence-corrected chi connectivity index (χ1v) is 13.3. The Kier molecular flexibility index (Phi) is 10.0. The molecule has 9 heteroatoms. The summed E-state index contributed by atoms with van der Waals surface area (Å²) in [5, 5.41) is 2.79. The quantitative estimate of drug-likeness (QED) is 0.491. The van der Waals surface area contributed by atoms with Crippen molar-refractivity contribution in [3.63, 3.8) is 0 Å². The number of sulfonamides is 1. The summed E-state index contributed by atoms with van der Waals surface area (Å²) >= 11 is 0. The van der Waals surface area contributed by atoms with Crippen molar-refractivity contribution in [2.75, 3.05) is 23.7 Å². The fraction of sp³-hybridized carbons (Fsp3) is 0.440. The van der Waals surface area contributed by atoms with E-state index in [2.05, 4.69) is 5.32 Å². The molecule has 0 fully saturated rings. The highest BCUT2D eigenvalue weighted by Gasteiger charge is 2.29. The molecular formula is C25H34FN3O4S. The highest BCUT2D eigenvalue weighted by molar-refractivity contribution is 7.92. The van der Waals surface area contributed by atoms with Crippen LogP contribution in [0.25, 0.3) is 0 Å². The molecule has 0 bridgehead atoms. The van der Waals surface area contributed by atoms with Crippen LogP contribution in [0.15, 0.2) is 48.5 Å². The molecule has 0 aliphatic carbocycles. The van der Waals surface area contributed by atoms with Gasteiger partial charge in [-0.3, -0.25) is 13.9 Å². The third kappa shape index (κ3) is 7.28. The molecule has 2 rings (SSSR count). The second kappa shape index (κ2) is 12.5. The number of hydrogen-bond donors (Lipinski definition) is 1. The number of likely N-dealkylation sites (N-methyl/N-ethyl adjacent to an activating group) is 1. The molecule has 2 aromatic carbocycles. The van der Waals surface area contributed by atoms with Crippen LogP contribution in [0.1, 0.15) is 44.2 Å². The van der Waals surface area contributed by atoms with Crippen molar-refractivity contribution in [3.05, 3.63) is 65.5 Å². The highest BCUT2D eigenvalue weighted by atomic mass is 32.2. The van der Waals surface area contributed by atoms with Gasteiger partial charge in [-0.2, -0.15) is 0 Å². The fourth-order valence-electron chi connectivity index (χ4n) is 3.82. The fourth-order valence-corrected chi connectivity index (χ4v) is 4.79. The van der Waals surface area contributed by atoms with Crippen LogP contribution >= 0.6 is 0 Å². The van der Waals surface area contributed by atoms with Gasteiger partial charge in [0.05, 0.1) is 11.9 Å². The molecule has 0 spiro atoms. The Morgan fingerprint density at radius 3 is 2.29 bits per heavy atom. The standard InChI is InChI=1S/C25H34FN3O4S/c1-5-22(25(31)27-6-2)28(18-20-13-8-7-12-19(20)3)24(30)16-11-17-29(34(4,32)33)23-15-10-9-14-21(23)26/h7-10,12-15,22H,5-6,11,16-18H2,1-4H3,(H,27,31). The third-order valence-corrected chi connectivity index (χ3v) is 6.79. The zero-order valence-corrected chi connectivity index (χ0v) is 21.1. The number of halogens is 1. The molecule has 0 aromatic heterocycles. The van der Waals surface area contributed by atoms with Crippen LogP contribution in [0.4, 0.5) is 10.1 Å². The molecule has 2 amide bonds. The van der Waals surface area contributed by atoms with Gasteiger partial charge in [0.2, 0.25) is 21.8 Å². The predicted octanol–water partition coefficient (Wildman–Crippen LogP) is 3.62. The molecule has 0 aliphatic heterocycles. The molecule has 34 heavy (non-hydrogen) atoms. The number of aryl methyl sites for hydroxylation is 1. The van der Waals surface area contributed by atoms with E-state index in [1.807, 2.05) is 45.0 Å². The first-order chi connectivity index (χ1) is 16.1. The van der Waals surface area contributed by atoms with Gasteiger partial charge in [0.25, 0.3) is 0 Å². The number of nitrogens with one attached hydrogen (secondary N) is 1. The SMILES string of the molecule is CCNC(=O)C(CC)N(Cc1ccccc1C)C(=O)CCCN(c1ccccc1F)S(C)(=O)=O. The minimum absolute atomic E-state index is 0.0161. The number of hydrogen-bond acceptors (Lipinski definition) is 4. The third-order valence-electron chi connectivity index (χ3n) is 5.61. The number of carbonyl (C=O) groups is 2. The summed E-state index contributed by atoms with van der Waals surface area (Å²) in [6.07, 6.45) is 1.64. The second-order valence-corrected chi connectivity index (χ2v) is 10.1. The van der Waals surface area contributed by atoms with Crippen molar-refractivity contribution < 1.29 is 22.4 Å². The van der Waals surface area contributed by atoms with Crippen LogP contribution < -0.4 is 9.62 Å². The second-order valence-electron chi connectivity index (χ2n) is 8.16. The van der Waals surface area contributed by atoms with E-state index < -0.39 is 21.9 Å². The molecular weight excluding hydrogens is 457 g/mol. The molecule has 7 nitrogen and oxygen atoms in total. The van der Waals surface area contributed by atoms with Crippen molar-refractivity contribution in [1.82, 2.24) is 10.2 Å². The number of nitrogens with zero attached hydrogens (tertiary/aromatic N) is 2. The first kappa shape index (κ1) is 27.3. The van der Waals surface area contributed by atoms with Gasteiger partial charge >= 0.3 is 0 Å². The number of carbonyl (C=O) groups excluding carboxylic acids is 2. The van der Waals surface area contributed by atoms with E-state index in [0.717, 1.165) is 21.7 Å². The maximum Gasteiger partial charge on any atom is 0.242 e. The van der Waals surface area contributed by atoms with Crippen LogP contribution in [0.2, 0.25) is 0 Å². The molecule has 186 valence electrons. The van der Waals surface area contributed by atoms with Gasteiger partial charge in [-0.15, -0.1) is 0 Å². The number of para-hydroxylation sites is 1. The lowest BCUT2D eigenvalue weighted by Crippen LogP contribution is -2.49.